The van der Waals surface area contributed by atoms with Crippen LogP contribution >= 0.6 is 0 Å². The van der Waals surface area contributed by atoms with E-state index in [0.29, 0.717) is 12.1 Å². The lowest BCUT2D eigenvalue weighted by Crippen LogP contribution is -2.54. The number of nitrogens with zero attached hydrogens (tertiary/aromatic N) is 1. The van der Waals surface area contributed by atoms with Crippen LogP contribution in [-0.4, -0.2) is 31.8 Å². The van der Waals surface area contributed by atoms with E-state index >= 15 is 0 Å². The molecule has 1 aromatic rings. The molecule has 1 aliphatic heterocycles. The average Bonchev–Trinajstić information content (AvgIpc) is 2.33. The number of hydrogen-bond donors (Lipinski definition) is 1. The van der Waals surface area contributed by atoms with Gasteiger partial charge in [0.1, 0.15) is 5.75 Å². The third kappa shape index (κ3) is 3.10. The second-order valence-electron chi connectivity index (χ2n) is 4.68. The molecule has 2 unspecified atom stereocenters. The van der Waals surface area contributed by atoms with Gasteiger partial charge in [0, 0.05) is 30.9 Å². The van der Waals surface area contributed by atoms with Crippen LogP contribution in [0.2, 0.25) is 0 Å². The van der Waals surface area contributed by atoms with Crippen molar-refractivity contribution in [3.05, 3.63) is 24.3 Å². The molecule has 1 fully saturated rings. The van der Waals surface area contributed by atoms with Gasteiger partial charge in [0.2, 0.25) is 0 Å². The second kappa shape index (κ2) is 5.52. The normalized spacial score (nSPS) is 24.4. The summed E-state index contributed by atoms with van der Waals surface area (Å²) in [7, 11) is 0. The molecule has 3 nitrogen and oxygen atoms in total. The molecular formula is C13H18F2N2O. The van der Waals surface area contributed by atoms with Crippen molar-refractivity contribution in [3.63, 3.8) is 0 Å². The summed E-state index contributed by atoms with van der Waals surface area (Å²) in [5.41, 5.74) is 1.04. The zero-order valence-corrected chi connectivity index (χ0v) is 10.6. The largest absolute Gasteiger partial charge is 0.435 e. The highest BCUT2D eigenvalue weighted by atomic mass is 19.3. The van der Waals surface area contributed by atoms with Gasteiger partial charge in [0.05, 0.1) is 0 Å². The van der Waals surface area contributed by atoms with Gasteiger partial charge in [-0.25, -0.2) is 0 Å². The zero-order chi connectivity index (χ0) is 13.1. The molecule has 1 saturated heterocycles. The van der Waals surface area contributed by atoms with Crippen molar-refractivity contribution < 1.29 is 13.5 Å². The Morgan fingerprint density at radius 1 is 1.28 bits per heavy atom. The lowest BCUT2D eigenvalue weighted by molar-refractivity contribution is -0.0498. The molecule has 2 atom stereocenters. The average molecular weight is 256 g/mol. The van der Waals surface area contributed by atoms with E-state index < -0.39 is 6.61 Å². The lowest BCUT2D eigenvalue weighted by Gasteiger charge is -2.39. The summed E-state index contributed by atoms with van der Waals surface area (Å²) in [5, 5.41) is 3.40. The number of hydrogen-bond acceptors (Lipinski definition) is 3. The van der Waals surface area contributed by atoms with Crippen LogP contribution in [-0.2, 0) is 0 Å². The van der Waals surface area contributed by atoms with E-state index in [-0.39, 0.29) is 5.75 Å². The fourth-order valence-corrected chi connectivity index (χ4v) is 2.20. The van der Waals surface area contributed by atoms with Crippen LogP contribution in [0.25, 0.3) is 0 Å². The number of anilines is 1. The molecule has 1 aromatic carbocycles. The number of ether oxygens (including phenoxy) is 1. The van der Waals surface area contributed by atoms with Gasteiger partial charge in [0.15, 0.2) is 0 Å². The first-order valence-electron chi connectivity index (χ1n) is 6.11. The van der Waals surface area contributed by atoms with Crippen molar-refractivity contribution in [2.45, 2.75) is 32.5 Å². The molecule has 0 saturated carbocycles. The topological polar surface area (TPSA) is 24.5 Å². The van der Waals surface area contributed by atoms with Gasteiger partial charge in [0.25, 0.3) is 0 Å². The van der Waals surface area contributed by atoms with Crippen LogP contribution in [0.3, 0.4) is 0 Å². The first-order chi connectivity index (χ1) is 8.56. The van der Waals surface area contributed by atoms with Gasteiger partial charge < -0.3 is 15.0 Å². The Morgan fingerprint density at radius 3 is 2.56 bits per heavy atom. The Balaban J connectivity index is 2.08. The Kier molecular flexibility index (Phi) is 4.01. The molecular weight excluding hydrogens is 238 g/mol. The van der Waals surface area contributed by atoms with Gasteiger partial charge >= 0.3 is 6.61 Å². The van der Waals surface area contributed by atoms with Gasteiger partial charge in [-0.15, -0.1) is 0 Å². The maximum absolute atomic E-state index is 12.0. The monoisotopic (exact) mass is 256 g/mol. The highest BCUT2D eigenvalue weighted by Crippen LogP contribution is 2.23. The standard InChI is InChI=1S/C13H18F2N2O/c1-9-8-17(10(2)7-16-9)11-3-5-12(6-4-11)18-13(14)15/h3-6,9-10,13,16H,7-8H2,1-2H3. The van der Waals surface area contributed by atoms with Crippen molar-refractivity contribution >= 4 is 5.69 Å². The maximum atomic E-state index is 12.0. The summed E-state index contributed by atoms with van der Waals surface area (Å²) in [5.74, 6) is 0.199. The minimum atomic E-state index is -2.77. The third-order valence-electron chi connectivity index (χ3n) is 3.16. The molecule has 0 amide bonds. The van der Waals surface area contributed by atoms with Crippen LogP contribution in [0, 0.1) is 0 Å². The lowest BCUT2D eigenvalue weighted by atomic mass is 10.1. The summed E-state index contributed by atoms with van der Waals surface area (Å²) < 4.78 is 28.4. The molecule has 1 aliphatic rings. The van der Waals surface area contributed by atoms with Crippen molar-refractivity contribution in [3.8, 4) is 5.75 Å². The predicted molar refractivity (Wildman–Crippen MR) is 67.3 cm³/mol. The predicted octanol–water partition coefficient (Wildman–Crippen LogP) is 2.47. The smallest absolute Gasteiger partial charge is 0.387 e. The highest BCUT2D eigenvalue weighted by Gasteiger charge is 2.22. The van der Waals surface area contributed by atoms with Gasteiger partial charge in [-0.3, -0.25) is 0 Å². The molecule has 100 valence electrons. The molecule has 1 N–H and O–H groups in total. The second-order valence-corrected chi connectivity index (χ2v) is 4.68. The Bertz CT molecular complexity index is 383. The molecule has 0 spiro atoms. The Hall–Kier alpha value is -1.36. The van der Waals surface area contributed by atoms with Crippen molar-refractivity contribution in [1.29, 1.82) is 0 Å². The molecule has 0 aromatic heterocycles. The summed E-state index contributed by atoms with van der Waals surface area (Å²) in [6, 6.07) is 7.64. The number of piperazine rings is 1. The molecule has 5 heteroatoms. The van der Waals surface area contributed by atoms with Crippen molar-refractivity contribution in [2.75, 3.05) is 18.0 Å². The fourth-order valence-electron chi connectivity index (χ4n) is 2.20. The van der Waals surface area contributed by atoms with E-state index in [1.165, 1.54) is 0 Å². The first-order valence-corrected chi connectivity index (χ1v) is 6.11. The SMILES string of the molecule is CC1CN(c2ccc(OC(F)F)cc2)C(C)CN1. The molecule has 1 heterocycles. The van der Waals surface area contributed by atoms with Gasteiger partial charge in [-0.05, 0) is 38.1 Å². The molecule has 0 bridgehead atoms. The van der Waals surface area contributed by atoms with Crippen LogP contribution in [0.5, 0.6) is 5.75 Å². The van der Waals surface area contributed by atoms with Crippen molar-refractivity contribution in [1.82, 2.24) is 5.32 Å². The summed E-state index contributed by atoms with van der Waals surface area (Å²) in [4.78, 5) is 2.27. The highest BCUT2D eigenvalue weighted by molar-refractivity contribution is 5.50. The summed E-state index contributed by atoms with van der Waals surface area (Å²) in [6.45, 7) is 3.34. The number of nitrogens with one attached hydrogen (secondary N) is 1. The van der Waals surface area contributed by atoms with Gasteiger partial charge in [-0.1, -0.05) is 0 Å². The molecule has 18 heavy (non-hydrogen) atoms. The van der Waals surface area contributed by atoms with Crippen LogP contribution in [0.1, 0.15) is 13.8 Å². The summed E-state index contributed by atoms with van der Waals surface area (Å²) in [6.07, 6.45) is 0. The van der Waals surface area contributed by atoms with E-state index in [1.54, 1.807) is 12.1 Å². The quantitative estimate of drug-likeness (QED) is 0.899. The molecule has 2 rings (SSSR count). The molecule has 0 aliphatic carbocycles. The minimum absolute atomic E-state index is 0.199. The first kappa shape index (κ1) is 13.1. The number of alkyl halides is 2. The number of benzene rings is 1. The zero-order valence-electron chi connectivity index (χ0n) is 10.6. The number of halogens is 2. The fraction of sp³-hybridized carbons (Fsp3) is 0.538. The van der Waals surface area contributed by atoms with Crippen LogP contribution in [0.15, 0.2) is 24.3 Å². The van der Waals surface area contributed by atoms with E-state index in [9.17, 15) is 8.78 Å². The van der Waals surface area contributed by atoms with Gasteiger partial charge in [-0.2, -0.15) is 8.78 Å². The Labute approximate surface area is 106 Å². The van der Waals surface area contributed by atoms with Crippen molar-refractivity contribution in [2.24, 2.45) is 0 Å². The Morgan fingerprint density at radius 2 is 1.94 bits per heavy atom. The molecule has 0 radical (unpaired) electrons. The van der Waals surface area contributed by atoms with Crippen LogP contribution < -0.4 is 15.0 Å². The third-order valence-corrected chi connectivity index (χ3v) is 3.16. The maximum Gasteiger partial charge on any atom is 0.387 e. The van der Waals surface area contributed by atoms with E-state index in [0.717, 1.165) is 18.8 Å². The minimum Gasteiger partial charge on any atom is -0.435 e. The summed E-state index contributed by atoms with van der Waals surface area (Å²) >= 11 is 0. The van der Waals surface area contributed by atoms with E-state index in [4.69, 9.17) is 0 Å². The van der Waals surface area contributed by atoms with E-state index in [1.807, 2.05) is 12.1 Å². The van der Waals surface area contributed by atoms with E-state index in [2.05, 4.69) is 28.8 Å². The van der Waals surface area contributed by atoms with Crippen LogP contribution in [0.4, 0.5) is 14.5 Å². The number of rotatable bonds is 3.